The van der Waals surface area contributed by atoms with Gasteiger partial charge < -0.3 is 10.4 Å². The van der Waals surface area contributed by atoms with E-state index in [9.17, 15) is 5.11 Å². The Morgan fingerprint density at radius 3 is 2.30 bits per heavy atom. The Labute approximate surface area is 61.9 Å². The molecule has 0 radical (unpaired) electrons. The summed E-state index contributed by atoms with van der Waals surface area (Å²) >= 11 is 0. The van der Waals surface area contributed by atoms with Crippen molar-refractivity contribution in [1.29, 1.82) is 0 Å². The van der Waals surface area contributed by atoms with Crippen molar-refractivity contribution in [2.45, 2.75) is 26.3 Å². The Morgan fingerprint density at radius 1 is 1.70 bits per heavy atom. The predicted octanol–water partition coefficient (Wildman–Crippen LogP) is 1.45. The maximum absolute atomic E-state index is 9.18. The fourth-order valence-electron chi connectivity index (χ4n) is 1.11. The third kappa shape index (κ3) is 1.03. The molecule has 10 heavy (non-hydrogen) atoms. The summed E-state index contributed by atoms with van der Waals surface area (Å²) < 4.78 is 0. The van der Waals surface area contributed by atoms with Crippen LogP contribution in [0, 0.1) is 5.41 Å². The van der Waals surface area contributed by atoms with Crippen LogP contribution in [-0.2, 0) is 0 Å². The van der Waals surface area contributed by atoms with Gasteiger partial charge in [0.1, 0.15) is 0 Å². The molecule has 0 saturated carbocycles. The van der Waals surface area contributed by atoms with Crippen molar-refractivity contribution in [3.63, 3.8) is 0 Å². The second-order valence-electron chi connectivity index (χ2n) is 3.46. The van der Waals surface area contributed by atoms with Gasteiger partial charge in [-0.25, -0.2) is 0 Å². The number of aliphatic hydroxyl groups excluding tert-OH is 1. The molecule has 0 aromatic heterocycles. The second kappa shape index (κ2) is 2.27. The van der Waals surface area contributed by atoms with Gasteiger partial charge in [0.2, 0.25) is 0 Å². The first-order valence-electron chi connectivity index (χ1n) is 3.67. The van der Waals surface area contributed by atoms with Crippen molar-refractivity contribution in [3.8, 4) is 0 Å². The molecule has 2 N–H and O–H groups in total. The molecule has 0 aliphatic carbocycles. The van der Waals surface area contributed by atoms with E-state index in [0.29, 0.717) is 6.04 Å². The lowest BCUT2D eigenvalue weighted by Gasteiger charge is -2.40. The zero-order valence-corrected chi connectivity index (χ0v) is 6.65. The Bertz CT molecular complexity index is 147. The monoisotopic (exact) mass is 141 g/mol. The molecule has 1 aliphatic rings. The van der Waals surface area contributed by atoms with Gasteiger partial charge in [-0.3, -0.25) is 0 Å². The maximum atomic E-state index is 9.18. The largest absolute Gasteiger partial charge is 0.512 e. The topological polar surface area (TPSA) is 32.3 Å². The third-order valence-corrected chi connectivity index (χ3v) is 2.44. The smallest absolute Gasteiger partial charge is 0.0922 e. The minimum Gasteiger partial charge on any atom is -0.512 e. The molecule has 1 saturated heterocycles. The van der Waals surface area contributed by atoms with Crippen LogP contribution in [0.3, 0.4) is 0 Å². The molecule has 0 bridgehead atoms. The van der Waals surface area contributed by atoms with Crippen LogP contribution in [-0.4, -0.2) is 17.7 Å². The molecular weight excluding hydrogens is 126 g/mol. The van der Waals surface area contributed by atoms with E-state index >= 15 is 0 Å². The highest BCUT2D eigenvalue weighted by Gasteiger charge is 2.35. The number of aliphatic hydroxyl groups is 1. The molecule has 1 fully saturated rings. The fraction of sp³-hybridized carbons (Fsp3) is 0.750. The van der Waals surface area contributed by atoms with Crippen LogP contribution >= 0.6 is 0 Å². The van der Waals surface area contributed by atoms with E-state index in [-0.39, 0.29) is 11.2 Å². The SMILES string of the molecule is C=C(O)C(C)(C)C1CCN1. The summed E-state index contributed by atoms with van der Waals surface area (Å²) in [5.41, 5.74) is -0.155. The summed E-state index contributed by atoms with van der Waals surface area (Å²) in [6, 6.07) is 0.421. The van der Waals surface area contributed by atoms with Crippen LogP contribution in [0.15, 0.2) is 12.3 Å². The lowest BCUT2D eigenvalue weighted by molar-refractivity contribution is 0.149. The first-order valence-corrected chi connectivity index (χ1v) is 3.67. The summed E-state index contributed by atoms with van der Waals surface area (Å²) in [5, 5.41) is 12.4. The second-order valence-corrected chi connectivity index (χ2v) is 3.46. The molecule has 1 rings (SSSR count). The van der Waals surface area contributed by atoms with Crippen molar-refractivity contribution in [1.82, 2.24) is 5.32 Å². The summed E-state index contributed by atoms with van der Waals surface area (Å²) in [4.78, 5) is 0. The van der Waals surface area contributed by atoms with Gasteiger partial charge in [-0.1, -0.05) is 20.4 Å². The summed E-state index contributed by atoms with van der Waals surface area (Å²) in [6.45, 7) is 8.63. The summed E-state index contributed by atoms with van der Waals surface area (Å²) in [6.07, 6.45) is 1.15. The van der Waals surface area contributed by atoms with Crippen molar-refractivity contribution in [2.24, 2.45) is 5.41 Å². The lowest BCUT2D eigenvalue weighted by Crippen LogP contribution is -2.52. The van der Waals surface area contributed by atoms with E-state index in [1.54, 1.807) is 0 Å². The van der Waals surface area contributed by atoms with Crippen LogP contribution in [0.5, 0.6) is 0 Å². The van der Waals surface area contributed by atoms with Crippen LogP contribution in [0.25, 0.3) is 0 Å². The Morgan fingerprint density at radius 2 is 2.20 bits per heavy atom. The normalized spacial score (nSPS) is 25.6. The van der Waals surface area contributed by atoms with Gasteiger partial charge in [0.15, 0.2) is 0 Å². The first-order chi connectivity index (χ1) is 4.55. The predicted molar refractivity (Wildman–Crippen MR) is 42.0 cm³/mol. The van der Waals surface area contributed by atoms with Crippen molar-refractivity contribution in [2.75, 3.05) is 6.54 Å². The van der Waals surface area contributed by atoms with Gasteiger partial charge in [0.05, 0.1) is 5.76 Å². The van der Waals surface area contributed by atoms with Crippen molar-refractivity contribution in [3.05, 3.63) is 12.3 Å². The van der Waals surface area contributed by atoms with E-state index in [1.807, 2.05) is 13.8 Å². The number of hydrogen-bond donors (Lipinski definition) is 2. The highest BCUT2D eigenvalue weighted by atomic mass is 16.3. The summed E-state index contributed by atoms with van der Waals surface area (Å²) in [7, 11) is 0. The molecule has 0 spiro atoms. The quantitative estimate of drug-likeness (QED) is 0.570. The maximum Gasteiger partial charge on any atom is 0.0922 e. The van der Waals surface area contributed by atoms with E-state index in [2.05, 4.69) is 11.9 Å². The highest BCUT2D eigenvalue weighted by Crippen LogP contribution is 2.32. The van der Waals surface area contributed by atoms with Gasteiger partial charge in [-0.2, -0.15) is 0 Å². The zero-order valence-electron chi connectivity index (χ0n) is 6.65. The van der Waals surface area contributed by atoms with E-state index < -0.39 is 0 Å². The molecule has 1 unspecified atom stereocenters. The lowest BCUT2D eigenvalue weighted by atomic mass is 9.78. The molecule has 1 atom stereocenters. The Balaban J connectivity index is 2.57. The molecule has 2 heteroatoms. The van der Waals surface area contributed by atoms with Gasteiger partial charge in [0.25, 0.3) is 0 Å². The van der Waals surface area contributed by atoms with E-state index in [1.165, 1.54) is 0 Å². The Hall–Kier alpha value is -0.500. The minimum absolute atomic E-state index is 0.155. The van der Waals surface area contributed by atoms with Crippen LogP contribution in [0.4, 0.5) is 0 Å². The van der Waals surface area contributed by atoms with Crippen LogP contribution in [0.1, 0.15) is 20.3 Å². The number of nitrogens with one attached hydrogen (secondary N) is 1. The molecule has 58 valence electrons. The molecule has 0 aromatic carbocycles. The average Bonchev–Trinajstić information content (AvgIpc) is 1.57. The average molecular weight is 141 g/mol. The van der Waals surface area contributed by atoms with Crippen molar-refractivity contribution >= 4 is 0 Å². The molecule has 1 heterocycles. The minimum atomic E-state index is -0.155. The van der Waals surface area contributed by atoms with Gasteiger partial charge >= 0.3 is 0 Å². The van der Waals surface area contributed by atoms with Gasteiger partial charge in [-0.05, 0) is 13.0 Å². The Kier molecular flexibility index (Phi) is 1.73. The summed E-state index contributed by atoms with van der Waals surface area (Å²) in [5.74, 6) is 0.282. The van der Waals surface area contributed by atoms with Gasteiger partial charge in [-0.15, -0.1) is 0 Å². The number of hydrogen-bond acceptors (Lipinski definition) is 2. The fourth-order valence-corrected chi connectivity index (χ4v) is 1.11. The molecule has 2 nitrogen and oxygen atoms in total. The molecule has 1 aliphatic heterocycles. The molecule has 0 amide bonds. The van der Waals surface area contributed by atoms with Crippen LogP contribution < -0.4 is 5.32 Å². The van der Waals surface area contributed by atoms with Crippen LogP contribution in [0.2, 0.25) is 0 Å². The van der Waals surface area contributed by atoms with Gasteiger partial charge in [0, 0.05) is 11.5 Å². The van der Waals surface area contributed by atoms with E-state index in [0.717, 1.165) is 13.0 Å². The van der Waals surface area contributed by atoms with Crippen molar-refractivity contribution < 1.29 is 5.11 Å². The van der Waals surface area contributed by atoms with E-state index in [4.69, 9.17) is 0 Å². The first kappa shape index (κ1) is 7.61. The number of rotatable bonds is 2. The molecular formula is C8H15NO. The molecule has 0 aromatic rings. The standard InChI is InChI=1S/C8H15NO/c1-6(10)8(2,3)7-4-5-9-7/h7,9-10H,1,4-5H2,2-3H3. The third-order valence-electron chi connectivity index (χ3n) is 2.44. The zero-order chi connectivity index (χ0) is 7.78. The highest BCUT2D eigenvalue weighted by molar-refractivity contribution is 5.06.